The fourth-order valence-electron chi connectivity index (χ4n) is 4.36. The fourth-order valence-corrected chi connectivity index (χ4v) is 4.36. The van der Waals surface area contributed by atoms with Crippen molar-refractivity contribution in [3.63, 3.8) is 0 Å². The Kier molecular flexibility index (Phi) is 9.13. The van der Waals surface area contributed by atoms with Crippen LogP contribution in [-0.2, 0) is 39.6 Å². The van der Waals surface area contributed by atoms with Crippen molar-refractivity contribution >= 4 is 12.1 Å². The number of aromatic amines is 1. The molecule has 0 saturated carbocycles. The third-order valence-electron chi connectivity index (χ3n) is 6.08. The van der Waals surface area contributed by atoms with Crippen molar-refractivity contribution in [1.29, 1.82) is 0 Å². The van der Waals surface area contributed by atoms with E-state index in [0.29, 0.717) is 18.1 Å². The minimum absolute atomic E-state index is 0.00984. The predicted molar refractivity (Wildman–Crippen MR) is 148 cm³/mol. The molecule has 2 heterocycles. The van der Waals surface area contributed by atoms with Crippen molar-refractivity contribution in [2.45, 2.75) is 72.5 Å². The molecule has 0 aliphatic carbocycles. The quantitative estimate of drug-likeness (QED) is 0.244. The zero-order chi connectivity index (χ0) is 29.6. The number of benzene rings is 2. The van der Waals surface area contributed by atoms with Gasteiger partial charge >= 0.3 is 12.1 Å². The van der Waals surface area contributed by atoms with Crippen LogP contribution < -0.4 is 0 Å². The van der Waals surface area contributed by atoms with Crippen LogP contribution in [0, 0.1) is 0 Å². The highest BCUT2D eigenvalue weighted by atomic mass is 16.7. The van der Waals surface area contributed by atoms with E-state index in [4.69, 9.17) is 14.2 Å². The first kappa shape index (κ1) is 29.4. The van der Waals surface area contributed by atoms with Gasteiger partial charge in [-0.05, 0) is 56.0 Å². The average molecular weight is 563 g/mol. The molecule has 0 aliphatic rings. The monoisotopic (exact) mass is 562 g/mol. The summed E-state index contributed by atoms with van der Waals surface area (Å²) in [5.41, 5.74) is 2.14. The number of ether oxygens (including phenoxy) is 3. The van der Waals surface area contributed by atoms with Crippen LogP contribution in [0.2, 0.25) is 0 Å². The summed E-state index contributed by atoms with van der Waals surface area (Å²) in [4.78, 5) is 29.7. The molecule has 12 heteroatoms. The highest BCUT2D eigenvalue weighted by Crippen LogP contribution is 2.30. The van der Waals surface area contributed by atoms with Gasteiger partial charge < -0.3 is 19.3 Å². The van der Waals surface area contributed by atoms with E-state index in [1.807, 2.05) is 55.5 Å². The first-order valence-electron chi connectivity index (χ1n) is 13.3. The first-order chi connectivity index (χ1) is 19.6. The lowest BCUT2D eigenvalue weighted by Gasteiger charge is -2.22. The van der Waals surface area contributed by atoms with Crippen molar-refractivity contribution in [3.8, 4) is 22.5 Å². The third-order valence-corrected chi connectivity index (χ3v) is 6.08. The summed E-state index contributed by atoms with van der Waals surface area (Å²) in [6.45, 7) is 8.16. The fraction of sp³-hybridized carbons (Fsp3) is 0.379. The van der Waals surface area contributed by atoms with Crippen LogP contribution in [-0.4, -0.2) is 53.5 Å². The van der Waals surface area contributed by atoms with Gasteiger partial charge in [-0.3, -0.25) is 4.57 Å². The molecule has 4 rings (SSSR count). The van der Waals surface area contributed by atoms with Gasteiger partial charge in [0.15, 0.2) is 12.4 Å². The molecule has 12 nitrogen and oxygen atoms in total. The van der Waals surface area contributed by atoms with Gasteiger partial charge in [0.25, 0.3) is 0 Å². The van der Waals surface area contributed by atoms with Gasteiger partial charge in [-0.15, -0.1) is 10.2 Å². The Morgan fingerprint density at radius 1 is 1.05 bits per heavy atom. The van der Waals surface area contributed by atoms with E-state index in [9.17, 15) is 14.7 Å². The van der Waals surface area contributed by atoms with Gasteiger partial charge in [0.2, 0.25) is 5.82 Å². The zero-order valence-electron chi connectivity index (χ0n) is 23.7. The number of aromatic nitrogens is 6. The molecular weight excluding hydrogens is 528 g/mol. The second-order valence-corrected chi connectivity index (χ2v) is 10.2. The Labute approximate surface area is 237 Å². The minimum atomic E-state index is -1.48. The molecule has 0 amide bonds. The molecule has 0 atom stereocenters. The number of nitrogens with one attached hydrogen (secondary N) is 1. The number of hydrogen-bond donors (Lipinski definition) is 2. The van der Waals surface area contributed by atoms with Crippen LogP contribution in [0.4, 0.5) is 4.79 Å². The van der Waals surface area contributed by atoms with Crippen LogP contribution >= 0.6 is 0 Å². The van der Waals surface area contributed by atoms with E-state index in [1.165, 1.54) is 18.4 Å². The van der Waals surface area contributed by atoms with E-state index in [-0.39, 0.29) is 30.8 Å². The average Bonchev–Trinajstić information content (AvgIpc) is 3.59. The van der Waals surface area contributed by atoms with Crippen LogP contribution in [0.15, 0.2) is 48.5 Å². The van der Waals surface area contributed by atoms with Crippen molar-refractivity contribution in [2.75, 3.05) is 0 Å². The second kappa shape index (κ2) is 12.7. The highest BCUT2D eigenvalue weighted by molar-refractivity contribution is 5.89. The minimum Gasteiger partial charge on any atom is -0.456 e. The predicted octanol–water partition coefficient (Wildman–Crippen LogP) is 4.79. The van der Waals surface area contributed by atoms with E-state index < -0.39 is 17.7 Å². The van der Waals surface area contributed by atoms with Gasteiger partial charge in [-0.25, -0.2) is 14.6 Å². The smallest absolute Gasteiger partial charge is 0.456 e. The Hall–Kier alpha value is -4.58. The van der Waals surface area contributed by atoms with Gasteiger partial charge in [0, 0.05) is 12.0 Å². The molecule has 0 fully saturated rings. The number of tetrazole rings is 1. The molecule has 2 aromatic heterocycles. The Bertz CT molecular complexity index is 1470. The summed E-state index contributed by atoms with van der Waals surface area (Å²) in [5, 5.41) is 25.2. The number of esters is 1. The Balaban J connectivity index is 1.52. The summed E-state index contributed by atoms with van der Waals surface area (Å²) in [6, 6.07) is 15.3. The number of carbonyl (C=O) groups excluding carboxylic acids is 2. The standard InChI is InChI=1S/C29H34N6O6/c1-6-9-23-30-24(25(29(4,5)38)35(23)17-40-28(37)41-18(2)3)27(36)39-16-19-12-14-20(15-13-19)21-10-7-8-11-22(21)26-31-33-34-32-26/h7-8,10-15,18,38H,6,9,16-17H2,1-5H3,(H,31,32,33,34). The number of carbonyl (C=O) groups is 2. The SMILES string of the molecule is CCCc1nc(C(=O)OCc2ccc(-c3ccccc3-c3nn[nH]n3)cc2)c(C(C)(C)O)n1COC(=O)OC(C)C. The number of rotatable bonds is 11. The van der Waals surface area contributed by atoms with Crippen molar-refractivity contribution in [2.24, 2.45) is 0 Å². The molecule has 0 aliphatic heterocycles. The van der Waals surface area contributed by atoms with E-state index in [1.54, 1.807) is 13.8 Å². The molecule has 0 bridgehead atoms. The number of imidazole rings is 1. The molecule has 0 unspecified atom stereocenters. The summed E-state index contributed by atoms with van der Waals surface area (Å²) in [7, 11) is 0. The third kappa shape index (κ3) is 7.14. The number of nitrogens with zero attached hydrogens (tertiary/aromatic N) is 5. The maximum atomic E-state index is 13.2. The maximum absolute atomic E-state index is 13.2. The van der Waals surface area contributed by atoms with Crippen molar-refractivity contribution in [1.82, 2.24) is 30.2 Å². The van der Waals surface area contributed by atoms with Crippen molar-refractivity contribution < 1.29 is 28.9 Å². The summed E-state index contributed by atoms with van der Waals surface area (Å²) in [5.74, 6) is 0.276. The van der Waals surface area contributed by atoms with Gasteiger partial charge in [0.1, 0.15) is 18.0 Å². The Morgan fingerprint density at radius 2 is 1.76 bits per heavy atom. The van der Waals surface area contributed by atoms with Crippen LogP contribution in [0.3, 0.4) is 0 Å². The molecule has 2 aromatic carbocycles. The molecule has 2 N–H and O–H groups in total. The maximum Gasteiger partial charge on any atom is 0.510 e. The molecule has 216 valence electrons. The van der Waals surface area contributed by atoms with E-state index in [0.717, 1.165) is 28.7 Å². The lowest BCUT2D eigenvalue weighted by Crippen LogP contribution is -2.27. The van der Waals surface area contributed by atoms with Gasteiger partial charge in [-0.2, -0.15) is 5.21 Å². The first-order valence-corrected chi connectivity index (χ1v) is 13.3. The highest BCUT2D eigenvalue weighted by Gasteiger charge is 2.33. The lowest BCUT2D eigenvalue weighted by atomic mass is 9.98. The number of H-pyrrole nitrogens is 1. The number of hydrogen-bond acceptors (Lipinski definition) is 10. The topological polar surface area (TPSA) is 154 Å². The Morgan fingerprint density at radius 3 is 2.37 bits per heavy atom. The lowest BCUT2D eigenvalue weighted by molar-refractivity contribution is 0.00807. The van der Waals surface area contributed by atoms with Gasteiger partial charge in [-0.1, -0.05) is 55.5 Å². The molecule has 4 aromatic rings. The largest absolute Gasteiger partial charge is 0.510 e. The zero-order valence-corrected chi connectivity index (χ0v) is 23.7. The van der Waals surface area contributed by atoms with Crippen LogP contribution in [0.5, 0.6) is 0 Å². The normalized spacial score (nSPS) is 11.5. The summed E-state index contributed by atoms with van der Waals surface area (Å²) >= 11 is 0. The number of aliphatic hydroxyl groups is 1. The van der Waals surface area contributed by atoms with Crippen molar-refractivity contribution in [3.05, 3.63) is 71.3 Å². The van der Waals surface area contributed by atoms with Crippen LogP contribution in [0.25, 0.3) is 22.5 Å². The van der Waals surface area contributed by atoms with E-state index in [2.05, 4.69) is 25.6 Å². The second-order valence-electron chi connectivity index (χ2n) is 10.2. The van der Waals surface area contributed by atoms with Gasteiger partial charge in [0.05, 0.1) is 11.8 Å². The molecule has 0 radical (unpaired) electrons. The summed E-state index contributed by atoms with van der Waals surface area (Å²) in [6.07, 6.45) is 0.000519. The van der Waals surface area contributed by atoms with E-state index >= 15 is 0 Å². The molecule has 0 spiro atoms. The van der Waals surface area contributed by atoms with Crippen LogP contribution in [0.1, 0.15) is 68.6 Å². The summed E-state index contributed by atoms with van der Waals surface area (Å²) < 4.78 is 17.4. The molecular formula is C29H34N6O6. The number of aryl methyl sites for hydroxylation is 1. The molecule has 41 heavy (non-hydrogen) atoms. The molecule has 0 saturated heterocycles.